The summed E-state index contributed by atoms with van der Waals surface area (Å²) < 4.78 is 0. The van der Waals surface area contributed by atoms with Crippen molar-refractivity contribution < 1.29 is 4.79 Å². The average molecular weight is 224 g/mol. The molecule has 92 valence electrons. The molecule has 2 unspecified atom stereocenters. The Morgan fingerprint density at radius 1 is 1.38 bits per heavy atom. The summed E-state index contributed by atoms with van der Waals surface area (Å²) in [4.78, 5) is 14.5. The van der Waals surface area contributed by atoms with Crippen LogP contribution in [0.5, 0.6) is 0 Å². The van der Waals surface area contributed by atoms with Gasteiger partial charge in [-0.2, -0.15) is 0 Å². The number of amides is 1. The van der Waals surface area contributed by atoms with Gasteiger partial charge < -0.3 is 10.2 Å². The summed E-state index contributed by atoms with van der Waals surface area (Å²) in [5.41, 5.74) is 0. The largest absolute Gasteiger partial charge is 0.338 e. The molecule has 1 saturated heterocycles. The number of likely N-dealkylation sites (N-methyl/N-ethyl adjacent to an activating group) is 1. The molecule has 2 rings (SSSR count). The highest BCUT2D eigenvalue weighted by Gasteiger charge is 2.37. The van der Waals surface area contributed by atoms with Crippen molar-refractivity contribution in [3.8, 4) is 0 Å². The highest BCUT2D eigenvalue weighted by Crippen LogP contribution is 2.38. The van der Waals surface area contributed by atoms with E-state index in [0.29, 0.717) is 17.9 Å². The number of likely N-dealkylation sites (tertiary alicyclic amines) is 1. The molecule has 0 aromatic carbocycles. The molecule has 1 aliphatic heterocycles. The van der Waals surface area contributed by atoms with Crippen molar-refractivity contribution in [3.63, 3.8) is 0 Å². The first kappa shape index (κ1) is 11.9. The third kappa shape index (κ3) is 2.57. The van der Waals surface area contributed by atoms with E-state index >= 15 is 0 Å². The number of carbonyl (C=O) groups is 1. The molecule has 0 spiro atoms. The Balaban J connectivity index is 1.95. The van der Waals surface area contributed by atoms with Gasteiger partial charge in [0.05, 0.1) is 0 Å². The standard InChI is InChI=1S/C13H24N2O/c1-10(11-6-7-11)13(16)15-8-4-3-5-12(15)9-14-2/h10-12,14H,3-9H2,1-2H3. The number of carbonyl (C=O) groups excluding carboxylic acids is 1. The van der Waals surface area contributed by atoms with Gasteiger partial charge in [0.1, 0.15) is 0 Å². The van der Waals surface area contributed by atoms with E-state index in [1.54, 1.807) is 0 Å². The summed E-state index contributed by atoms with van der Waals surface area (Å²) >= 11 is 0. The highest BCUT2D eigenvalue weighted by molar-refractivity contribution is 5.79. The van der Waals surface area contributed by atoms with Gasteiger partial charge in [-0.1, -0.05) is 6.92 Å². The Labute approximate surface area is 98.6 Å². The maximum atomic E-state index is 12.4. The number of rotatable bonds is 4. The van der Waals surface area contributed by atoms with E-state index in [9.17, 15) is 4.79 Å². The van der Waals surface area contributed by atoms with Crippen LogP contribution in [0.1, 0.15) is 39.0 Å². The van der Waals surface area contributed by atoms with E-state index in [1.807, 2.05) is 7.05 Å². The smallest absolute Gasteiger partial charge is 0.225 e. The predicted octanol–water partition coefficient (Wildman–Crippen LogP) is 1.63. The first-order valence-corrected chi connectivity index (χ1v) is 6.69. The average Bonchev–Trinajstić information content (AvgIpc) is 3.12. The van der Waals surface area contributed by atoms with Crippen LogP contribution in [0.3, 0.4) is 0 Å². The monoisotopic (exact) mass is 224 g/mol. The van der Waals surface area contributed by atoms with Crippen molar-refractivity contribution in [2.75, 3.05) is 20.1 Å². The van der Waals surface area contributed by atoms with Gasteiger partial charge in [0, 0.05) is 25.0 Å². The van der Waals surface area contributed by atoms with Crippen molar-refractivity contribution in [3.05, 3.63) is 0 Å². The van der Waals surface area contributed by atoms with Gasteiger partial charge in [-0.25, -0.2) is 0 Å². The normalized spacial score (nSPS) is 27.9. The number of nitrogens with one attached hydrogen (secondary N) is 1. The first-order chi connectivity index (χ1) is 7.74. The van der Waals surface area contributed by atoms with Crippen LogP contribution in [0.25, 0.3) is 0 Å². The SMILES string of the molecule is CNCC1CCCCN1C(=O)C(C)C1CC1. The van der Waals surface area contributed by atoms with Gasteiger partial charge in [-0.15, -0.1) is 0 Å². The fraction of sp³-hybridized carbons (Fsp3) is 0.923. The summed E-state index contributed by atoms with van der Waals surface area (Å²) in [5.74, 6) is 1.35. The number of piperidine rings is 1. The fourth-order valence-electron chi connectivity index (χ4n) is 2.80. The topological polar surface area (TPSA) is 32.3 Å². The zero-order chi connectivity index (χ0) is 11.5. The molecule has 0 radical (unpaired) electrons. The molecule has 3 heteroatoms. The lowest BCUT2D eigenvalue weighted by atomic mass is 9.97. The maximum absolute atomic E-state index is 12.4. The van der Waals surface area contributed by atoms with Gasteiger partial charge in [0.2, 0.25) is 5.91 Å². The van der Waals surface area contributed by atoms with Gasteiger partial charge in [-0.3, -0.25) is 4.79 Å². The lowest BCUT2D eigenvalue weighted by Crippen LogP contribution is -2.50. The second-order valence-corrected chi connectivity index (χ2v) is 5.37. The van der Waals surface area contributed by atoms with Crippen LogP contribution in [-0.4, -0.2) is 37.0 Å². The molecule has 1 aliphatic carbocycles. The molecule has 3 nitrogen and oxygen atoms in total. The molecule has 0 aromatic rings. The predicted molar refractivity (Wildman–Crippen MR) is 65.2 cm³/mol. The molecule has 0 bridgehead atoms. The quantitative estimate of drug-likeness (QED) is 0.787. The van der Waals surface area contributed by atoms with Crippen LogP contribution in [0.2, 0.25) is 0 Å². The molecule has 2 fully saturated rings. The maximum Gasteiger partial charge on any atom is 0.225 e. The van der Waals surface area contributed by atoms with Crippen LogP contribution in [-0.2, 0) is 4.79 Å². The third-order valence-electron chi connectivity index (χ3n) is 4.07. The minimum atomic E-state index is 0.262. The molecule has 1 heterocycles. The van der Waals surface area contributed by atoms with E-state index in [1.165, 1.54) is 32.1 Å². The van der Waals surface area contributed by atoms with Gasteiger partial charge in [0.15, 0.2) is 0 Å². The Hall–Kier alpha value is -0.570. The van der Waals surface area contributed by atoms with E-state index in [4.69, 9.17) is 0 Å². The molecule has 2 atom stereocenters. The summed E-state index contributed by atoms with van der Waals surface area (Å²) in [6.45, 7) is 4.04. The van der Waals surface area contributed by atoms with E-state index in [-0.39, 0.29) is 5.92 Å². The van der Waals surface area contributed by atoms with E-state index in [0.717, 1.165) is 13.1 Å². The van der Waals surface area contributed by atoms with Crippen LogP contribution in [0, 0.1) is 11.8 Å². The Morgan fingerprint density at radius 2 is 2.12 bits per heavy atom. The Kier molecular flexibility index (Phi) is 3.85. The van der Waals surface area contributed by atoms with Crippen LogP contribution in [0.15, 0.2) is 0 Å². The van der Waals surface area contributed by atoms with Crippen LogP contribution < -0.4 is 5.32 Å². The Morgan fingerprint density at radius 3 is 2.75 bits per heavy atom. The second-order valence-electron chi connectivity index (χ2n) is 5.37. The van der Waals surface area contributed by atoms with E-state index < -0.39 is 0 Å². The van der Waals surface area contributed by atoms with Crippen molar-refractivity contribution in [2.45, 2.75) is 45.1 Å². The summed E-state index contributed by atoms with van der Waals surface area (Å²) in [6, 6.07) is 0.437. The minimum absolute atomic E-state index is 0.262. The number of hydrogen-bond donors (Lipinski definition) is 1. The third-order valence-corrected chi connectivity index (χ3v) is 4.07. The molecule has 0 aromatic heterocycles. The lowest BCUT2D eigenvalue weighted by molar-refractivity contribution is -0.139. The highest BCUT2D eigenvalue weighted by atomic mass is 16.2. The molecule has 1 saturated carbocycles. The molecule has 1 N–H and O–H groups in total. The zero-order valence-electron chi connectivity index (χ0n) is 10.5. The van der Waals surface area contributed by atoms with Crippen molar-refractivity contribution >= 4 is 5.91 Å². The Bertz CT molecular complexity index is 248. The molecule has 16 heavy (non-hydrogen) atoms. The van der Waals surface area contributed by atoms with Gasteiger partial charge in [0.25, 0.3) is 0 Å². The van der Waals surface area contributed by atoms with Crippen LogP contribution >= 0.6 is 0 Å². The first-order valence-electron chi connectivity index (χ1n) is 6.69. The summed E-state index contributed by atoms with van der Waals surface area (Å²) in [5, 5.41) is 3.21. The molecule has 1 amide bonds. The summed E-state index contributed by atoms with van der Waals surface area (Å²) in [7, 11) is 1.97. The molecule has 2 aliphatic rings. The molecular formula is C13H24N2O. The second kappa shape index (κ2) is 5.17. The zero-order valence-corrected chi connectivity index (χ0v) is 10.5. The minimum Gasteiger partial charge on any atom is -0.338 e. The fourth-order valence-corrected chi connectivity index (χ4v) is 2.80. The number of hydrogen-bond acceptors (Lipinski definition) is 2. The van der Waals surface area contributed by atoms with E-state index in [2.05, 4.69) is 17.1 Å². The lowest BCUT2D eigenvalue weighted by Gasteiger charge is -2.37. The van der Waals surface area contributed by atoms with Crippen LogP contribution in [0.4, 0.5) is 0 Å². The van der Waals surface area contributed by atoms with Crippen molar-refractivity contribution in [2.24, 2.45) is 11.8 Å². The number of nitrogens with zero attached hydrogens (tertiary/aromatic N) is 1. The van der Waals surface area contributed by atoms with Gasteiger partial charge in [-0.05, 0) is 45.1 Å². The van der Waals surface area contributed by atoms with Crippen molar-refractivity contribution in [1.29, 1.82) is 0 Å². The van der Waals surface area contributed by atoms with Crippen molar-refractivity contribution in [1.82, 2.24) is 10.2 Å². The van der Waals surface area contributed by atoms with Gasteiger partial charge >= 0.3 is 0 Å². The molecular weight excluding hydrogens is 200 g/mol. The summed E-state index contributed by atoms with van der Waals surface area (Å²) in [6.07, 6.45) is 6.15.